The minimum absolute atomic E-state index is 0.435. The van der Waals surface area contributed by atoms with E-state index in [9.17, 15) is 4.79 Å². The molecule has 1 aromatic heterocycles. The van der Waals surface area contributed by atoms with Gasteiger partial charge in [-0.1, -0.05) is 18.2 Å². The highest BCUT2D eigenvalue weighted by Gasteiger charge is 1.99. The second-order valence-electron chi connectivity index (χ2n) is 4.05. The number of hydrogen-bond acceptors (Lipinski definition) is 4. The van der Waals surface area contributed by atoms with Gasteiger partial charge in [-0.05, 0) is 30.7 Å². The van der Waals surface area contributed by atoms with Crippen molar-refractivity contribution in [1.82, 2.24) is 0 Å². The summed E-state index contributed by atoms with van der Waals surface area (Å²) in [5.74, 6) is 1.76. The maximum atomic E-state index is 11.3. The first-order valence-electron chi connectivity index (χ1n) is 6.31. The lowest BCUT2D eigenvalue weighted by Gasteiger charge is -2.02. The van der Waals surface area contributed by atoms with Gasteiger partial charge in [0.25, 0.3) is 0 Å². The molecule has 104 valence electrons. The highest BCUT2D eigenvalue weighted by Crippen LogP contribution is 2.15. The quantitative estimate of drug-likeness (QED) is 0.838. The number of hydrogen-bond donors (Lipinski definition) is 0. The van der Waals surface area contributed by atoms with Gasteiger partial charge in [0.05, 0.1) is 19.8 Å². The maximum absolute atomic E-state index is 11.3. The molecule has 4 heteroatoms. The van der Waals surface area contributed by atoms with Crippen LogP contribution in [0.4, 0.5) is 0 Å². The summed E-state index contributed by atoms with van der Waals surface area (Å²) < 4.78 is 15.4. The molecule has 0 saturated heterocycles. The Labute approximate surface area is 117 Å². The van der Waals surface area contributed by atoms with Gasteiger partial charge >= 0.3 is 5.63 Å². The topological polar surface area (TPSA) is 48.7 Å². The van der Waals surface area contributed by atoms with Gasteiger partial charge in [-0.3, -0.25) is 0 Å². The molecule has 0 bridgehead atoms. The fraction of sp³-hybridized carbons (Fsp3) is 0.188. The zero-order chi connectivity index (χ0) is 14.4. The summed E-state index contributed by atoms with van der Waals surface area (Å²) in [6, 6.07) is 10.6. The Morgan fingerprint density at radius 3 is 2.50 bits per heavy atom. The molecule has 2 rings (SSSR count). The Kier molecular flexibility index (Phi) is 4.60. The lowest BCUT2D eigenvalue weighted by Crippen LogP contribution is -1.98. The molecule has 0 unspecified atom stereocenters. The molecular weight excluding hydrogens is 256 g/mol. The molecule has 0 aliphatic rings. The van der Waals surface area contributed by atoms with Crippen LogP contribution in [0.25, 0.3) is 12.2 Å². The van der Waals surface area contributed by atoms with Crippen LogP contribution in [0.2, 0.25) is 0 Å². The van der Waals surface area contributed by atoms with Crippen LogP contribution in [0.5, 0.6) is 11.5 Å². The molecule has 20 heavy (non-hydrogen) atoms. The summed E-state index contributed by atoms with van der Waals surface area (Å²) >= 11 is 0. The number of rotatable bonds is 5. The van der Waals surface area contributed by atoms with Crippen molar-refractivity contribution in [2.24, 2.45) is 0 Å². The largest absolute Gasteiger partial charge is 0.496 e. The van der Waals surface area contributed by atoms with E-state index in [-0.39, 0.29) is 0 Å². The Bertz CT molecular complexity index is 638. The third kappa shape index (κ3) is 3.75. The van der Waals surface area contributed by atoms with Gasteiger partial charge in [-0.15, -0.1) is 0 Å². The van der Waals surface area contributed by atoms with Crippen molar-refractivity contribution in [2.75, 3.05) is 13.7 Å². The molecule has 1 aromatic carbocycles. The van der Waals surface area contributed by atoms with Crippen LogP contribution in [-0.4, -0.2) is 13.7 Å². The predicted octanol–water partition coefficient (Wildman–Crippen LogP) is 3.22. The fourth-order valence-corrected chi connectivity index (χ4v) is 1.69. The number of benzene rings is 1. The Balaban J connectivity index is 2.16. The van der Waals surface area contributed by atoms with Crippen molar-refractivity contribution in [1.29, 1.82) is 0 Å². The Morgan fingerprint density at radius 1 is 1.10 bits per heavy atom. The van der Waals surface area contributed by atoms with E-state index in [1.165, 1.54) is 13.2 Å². The molecule has 0 fully saturated rings. The molecule has 2 aromatic rings. The summed E-state index contributed by atoms with van der Waals surface area (Å²) in [5, 5.41) is 0. The molecular formula is C16H16O4. The van der Waals surface area contributed by atoms with E-state index >= 15 is 0 Å². The highest BCUT2D eigenvalue weighted by molar-refractivity contribution is 5.67. The lowest BCUT2D eigenvalue weighted by molar-refractivity contribution is 0.340. The van der Waals surface area contributed by atoms with Gasteiger partial charge in [-0.2, -0.15) is 0 Å². The van der Waals surface area contributed by atoms with Crippen LogP contribution in [0.3, 0.4) is 0 Å². The van der Waals surface area contributed by atoms with Gasteiger partial charge in [0.15, 0.2) is 0 Å². The van der Waals surface area contributed by atoms with E-state index in [4.69, 9.17) is 13.9 Å². The Hall–Kier alpha value is -2.49. The summed E-state index contributed by atoms with van der Waals surface area (Å²) in [5.41, 5.74) is 0.551. The van der Waals surface area contributed by atoms with Crippen molar-refractivity contribution < 1.29 is 13.9 Å². The summed E-state index contributed by atoms with van der Waals surface area (Å²) in [6.07, 6.45) is 3.58. The molecule has 0 amide bonds. The molecule has 0 aliphatic carbocycles. The lowest BCUT2D eigenvalue weighted by atomic mass is 10.2. The first-order valence-corrected chi connectivity index (χ1v) is 6.31. The van der Waals surface area contributed by atoms with Gasteiger partial charge in [0.1, 0.15) is 17.3 Å². The van der Waals surface area contributed by atoms with Crippen LogP contribution < -0.4 is 15.1 Å². The van der Waals surface area contributed by atoms with Gasteiger partial charge < -0.3 is 13.9 Å². The Morgan fingerprint density at radius 2 is 1.85 bits per heavy atom. The van der Waals surface area contributed by atoms with Crippen molar-refractivity contribution in [3.8, 4) is 11.5 Å². The molecule has 0 atom stereocenters. The third-order valence-electron chi connectivity index (χ3n) is 2.63. The SMILES string of the molecule is CCOc1ccc(/C=C/c2cc(OC)cc(=O)o2)cc1. The highest BCUT2D eigenvalue weighted by atomic mass is 16.5. The van der Waals surface area contributed by atoms with Crippen molar-refractivity contribution in [2.45, 2.75) is 6.92 Å². The molecule has 0 saturated carbocycles. The second-order valence-corrected chi connectivity index (χ2v) is 4.05. The fourth-order valence-electron chi connectivity index (χ4n) is 1.69. The summed E-state index contributed by atoms with van der Waals surface area (Å²) in [6.45, 7) is 2.59. The van der Waals surface area contributed by atoms with E-state index in [1.807, 2.05) is 37.3 Å². The minimum atomic E-state index is -0.435. The smallest absolute Gasteiger partial charge is 0.339 e. The van der Waals surface area contributed by atoms with Crippen LogP contribution in [0.1, 0.15) is 18.2 Å². The minimum Gasteiger partial charge on any atom is -0.496 e. The van der Waals surface area contributed by atoms with Crippen LogP contribution >= 0.6 is 0 Å². The van der Waals surface area contributed by atoms with E-state index in [0.717, 1.165) is 11.3 Å². The third-order valence-corrected chi connectivity index (χ3v) is 2.63. The second kappa shape index (κ2) is 6.61. The molecule has 0 aliphatic heterocycles. The van der Waals surface area contributed by atoms with Gasteiger partial charge in [0, 0.05) is 6.07 Å². The first-order chi connectivity index (χ1) is 9.71. The zero-order valence-electron chi connectivity index (χ0n) is 11.5. The van der Waals surface area contributed by atoms with Crippen LogP contribution in [0.15, 0.2) is 45.6 Å². The monoisotopic (exact) mass is 272 g/mol. The average Bonchev–Trinajstić information content (AvgIpc) is 2.46. The van der Waals surface area contributed by atoms with E-state index in [2.05, 4.69) is 0 Å². The number of ether oxygens (including phenoxy) is 2. The zero-order valence-corrected chi connectivity index (χ0v) is 11.5. The molecule has 1 heterocycles. The van der Waals surface area contributed by atoms with Crippen LogP contribution in [-0.2, 0) is 0 Å². The summed E-state index contributed by atoms with van der Waals surface area (Å²) in [7, 11) is 1.51. The van der Waals surface area contributed by atoms with Gasteiger partial charge in [-0.25, -0.2) is 4.79 Å². The predicted molar refractivity (Wildman–Crippen MR) is 78.1 cm³/mol. The normalized spacial score (nSPS) is 10.7. The van der Waals surface area contributed by atoms with E-state index in [1.54, 1.807) is 12.1 Å². The standard InChI is InChI=1S/C16H16O4/c1-3-19-13-7-4-12(5-8-13)6-9-14-10-15(18-2)11-16(17)20-14/h4-11H,3H2,1-2H3/b9-6+. The molecule has 0 N–H and O–H groups in total. The van der Waals surface area contributed by atoms with Crippen LogP contribution in [0, 0.1) is 0 Å². The number of methoxy groups -OCH3 is 1. The molecule has 0 spiro atoms. The van der Waals surface area contributed by atoms with Gasteiger partial charge in [0.2, 0.25) is 0 Å². The maximum Gasteiger partial charge on any atom is 0.339 e. The van der Waals surface area contributed by atoms with Crippen molar-refractivity contribution in [3.63, 3.8) is 0 Å². The average molecular weight is 272 g/mol. The van der Waals surface area contributed by atoms with E-state index < -0.39 is 5.63 Å². The van der Waals surface area contributed by atoms with E-state index in [0.29, 0.717) is 18.1 Å². The summed E-state index contributed by atoms with van der Waals surface area (Å²) in [4.78, 5) is 11.3. The molecule has 0 radical (unpaired) electrons. The first kappa shape index (κ1) is 13.9. The van der Waals surface area contributed by atoms with Crippen molar-refractivity contribution >= 4 is 12.2 Å². The molecule has 4 nitrogen and oxygen atoms in total. The van der Waals surface area contributed by atoms with Crippen molar-refractivity contribution in [3.05, 3.63) is 58.1 Å².